The van der Waals surface area contributed by atoms with Crippen molar-refractivity contribution in [2.45, 2.75) is 19.4 Å². The van der Waals surface area contributed by atoms with Crippen LogP contribution in [0.2, 0.25) is 0 Å². The number of benzene rings is 3. The average molecular weight is 440 g/mol. The maximum Gasteiger partial charge on any atom is 0.248 e. The number of nitrogens with one attached hydrogen (secondary N) is 1. The molecular formula is C28H29N3O2. The lowest BCUT2D eigenvalue weighted by atomic mass is 9.97. The molecule has 1 heterocycles. The van der Waals surface area contributed by atoms with Gasteiger partial charge in [0, 0.05) is 24.9 Å². The predicted octanol–water partition coefficient (Wildman–Crippen LogP) is 4.70. The number of hydrogen-bond donors (Lipinski definition) is 2. The molecule has 3 aromatic carbocycles. The zero-order chi connectivity index (χ0) is 23.0. The second-order valence-corrected chi connectivity index (χ2v) is 8.45. The number of para-hydroxylation sites is 1. The highest BCUT2D eigenvalue weighted by Crippen LogP contribution is 2.23. The third-order valence-corrected chi connectivity index (χ3v) is 6.00. The minimum atomic E-state index is -0.234. The topological polar surface area (TPSA) is 75.4 Å². The standard InChI is InChI=1S/C28H29N3O2/c29-28(33)25-13-7-17-31(20-25)19-24-11-4-5-14-26(24)30-27(32)16-15-21-8-6-12-23(18-21)22-9-2-1-3-10-22/h1-6,8-12,14-16,18,25H,7,13,17,19-20H2,(H2,29,33)(H,30,32)/b16-15+. The largest absolute Gasteiger partial charge is 0.369 e. The third kappa shape index (κ3) is 6.18. The molecule has 0 aromatic heterocycles. The monoisotopic (exact) mass is 439 g/mol. The number of rotatable bonds is 7. The Labute approximate surface area is 194 Å². The molecule has 1 aliphatic heterocycles. The molecule has 5 heteroatoms. The third-order valence-electron chi connectivity index (χ3n) is 6.00. The molecule has 33 heavy (non-hydrogen) atoms. The number of hydrogen-bond acceptors (Lipinski definition) is 3. The molecule has 1 aliphatic rings. The summed E-state index contributed by atoms with van der Waals surface area (Å²) in [5.41, 5.74) is 10.5. The van der Waals surface area contributed by atoms with Gasteiger partial charge in [-0.2, -0.15) is 0 Å². The highest BCUT2D eigenvalue weighted by atomic mass is 16.1. The maximum absolute atomic E-state index is 12.7. The number of carbonyl (C=O) groups excluding carboxylic acids is 2. The number of piperidine rings is 1. The molecule has 1 fully saturated rings. The predicted molar refractivity (Wildman–Crippen MR) is 133 cm³/mol. The summed E-state index contributed by atoms with van der Waals surface area (Å²) in [7, 11) is 0. The van der Waals surface area contributed by atoms with E-state index in [2.05, 4.69) is 34.5 Å². The summed E-state index contributed by atoms with van der Waals surface area (Å²) in [5, 5.41) is 3.01. The van der Waals surface area contributed by atoms with Gasteiger partial charge in [-0.3, -0.25) is 14.5 Å². The van der Waals surface area contributed by atoms with Crippen LogP contribution in [0.25, 0.3) is 17.2 Å². The van der Waals surface area contributed by atoms with Crippen LogP contribution in [-0.4, -0.2) is 29.8 Å². The van der Waals surface area contributed by atoms with E-state index in [1.165, 1.54) is 0 Å². The van der Waals surface area contributed by atoms with Crippen LogP contribution in [0.3, 0.4) is 0 Å². The van der Waals surface area contributed by atoms with Crippen molar-refractivity contribution in [3.8, 4) is 11.1 Å². The first-order valence-corrected chi connectivity index (χ1v) is 11.3. The number of amides is 2. The first kappa shape index (κ1) is 22.5. The number of primary amides is 1. The summed E-state index contributed by atoms with van der Waals surface area (Å²) in [6.45, 7) is 2.25. The van der Waals surface area contributed by atoms with Crippen molar-refractivity contribution in [2.75, 3.05) is 18.4 Å². The molecule has 5 nitrogen and oxygen atoms in total. The number of carbonyl (C=O) groups is 2. The Morgan fingerprint density at radius 1 is 0.970 bits per heavy atom. The Kier molecular flexibility index (Phi) is 7.33. The van der Waals surface area contributed by atoms with E-state index in [-0.39, 0.29) is 17.7 Å². The molecule has 0 saturated carbocycles. The van der Waals surface area contributed by atoms with Crippen molar-refractivity contribution < 1.29 is 9.59 Å². The van der Waals surface area contributed by atoms with Gasteiger partial charge in [0.2, 0.25) is 11.8 Å². The molecule has 1 atom stereocenters. The number of anilines is 1. The highest BCUT2D eigenvalue weighted by Gasteiger charge is 2.24. The molecule has 4 rings (SSSR count). The van der Waals surface area contributed by atoms with Gasteiger partial charge in [-0.15, -0.1) is 0 Å². The molecular weight excluding hydrogens is 410 g/mol. The van der Waals surface area contributed by atoms with Crippen molar-refractivity contribution in [1.29, 1.82) is 0 Å². The minimum Gasteiger partial charge on any atom is -0.369 e. The van der Waals surface area contributed by atoms with Crippen molar-refractivity contribution in [3.05, 3.63) is 96.1 Å². The molecule has 0 bridgehead atoms. The van der Waals surface area contributed by atoms with Gasteiger partial charge in [0.25, 0.3) is 0 Å². The first-order chi connectivity index (χ1) is 16.1. The quantitative estimate of drug-likeness (QED) is 0.524. The fourth-order valence-electron chi connectivity index (χ4n) is 4.25. The number of nitrogens with two attached hydrogens (primary N) is 1. The van der Waals surface area contributed by atoms with E-state index in [1.807, 2.05) is 60.7 Å². The first-order valence-electron chi connectivity index (χ1n) is 11.3. The average Bonchev–Trinajstić information content (AvgIpc) is 2.85. The lowest BCUT2D eigenvalue weighted by Gasteiger charge is -2.31. The fraction of sp³-hybridized carbons (Fsp3) is 0.214. The summed E-state index contributed by atoms with van der Waals surface area (Å²) in [5.74, 6) is -0.515. The Balaban J connectivity index is 1.41. The Bertz CT molecular complexity index is 1140. The van der Waals surface area contributed by atoms with Gasteiger partial charge < -0.3 is 11.1 Å². The summed E-state index contributed by atoms with van der Waals surface area (Å²) in [6.07, 6.45) is 5.19. The van der Waals surface area contributed by atoms with Gasteiger partial charge in [-0.25, -0.2) is 0 Å². The zero-order valence-corrected chi connectivity index (χ0v) is 18.6. The van der Waals surface area contributed by atoms with Gasteiger partial charge in [-0.1, -0.05) is 66.7 Å². The second kappa shape index (κ2) is 10.7. The van der Waals surface area contributed by atoms with Crippen molar-refractivity contribution in [1.82, 2.24) is 4.90 Å². The van der Waals surface area contributed by atoms with Crippen LogP contribution in [0.15, 0.2) is 84.9 Å². The molecule has 3 aromatic rings. The molecule has 2 amide bonds. The SMILES string of the molecule is NC(=O)C1CCCN(Cc2ccccc2NC(=O)/C=C/c2cccc(-c3ccccc3)c2)C1. The second-order valence-electron chi connectivity index (χ2n) is 8.45. The van der Waals surface area contributed by atoms with Crippen LogP contribution in [0.1, 0.15) is 24.0 Å². The van der Waals surface area contributed by atoms with Crippen molar-refractivity contribution in [2.24, 2.45) is 11.7 Å². The van der Waals surface area contributed by atoms with Crippen LogP contribution < -0.4 is 11.1 Å². The lowest BCUT2D eigenvalue weighted by molar-refractivity contribution is -0.123. The molecule has 0 radical (unpaired) electrons. The smallest absolute Gasteiger partial charge is 0.248 e. The Morgan fingerprint density at radius 2 is 1.73 bits per heavy atom. The fourth-order valence-corrected chi connectivity index (χ4v) is 4.25. The molecule has 1 saturated heterocycles. The number of nitrogens with zero attached hydrogens (tertiary/aromatic N) is 1. The molecule has 0 aliphatic carbocycles. The minimum absolute atomic E-state index is 0.102. The maximum atomic E-state index is 12.7. The summed E-state index contributed by atoms with van der Waals surface area (Å²) >= 11 is 0. The summed E-state index contributed by atoms with van der Waals surface area (Å²) < 4.78 is 0. The number of likely N-dealkylation sites (tertiary alicyclic amines) is 1. The van der Waals surface area contributed by atoms with Crippen LogP contribution in [-0.2, 0) is 16.1 Å². The normalized spacial score (nSPS) is 16.5. The van der Waals surface area contributed by atoms with Crippen LogP contribution in [0, 0.1) is 5.92 Å². The molecule has 3 N–H and O–H groups in total. The van der Waals surface area contributed by atoms with E-state index in [0.717, 1.165) is 47.3 Å². The van der Waals surface area contributed by atoms with E-state index < -0.39 is 0 Å². The molecule has 0 spiro atoms. The highest BCUT2D eigenvalue weighted by molar-refractivity contribution is 6.02. The van der Waals surface area contributed by atoms with Crippen molar-refractivity contribution in [3.63, 3.8) is 0 Å². The molecule has 168 valence electrons. The van der Waals surface area contributed by atoms with Crippen LogP contribution in [0.5, 0.6) is 0 Å². The van der Waals surface area contributed by atoms with Gasteiger partial charge in [0.05, 0.1) is 5.92 Å². The summed E-state index contributed by atoms with van der Waals surface area (Å²) in [4.78, 5) is 26.5. The van der Waals surface area contributed by atoms with E-state index in [1.54, 1.807) is 6.08 Å². The summed E-state index contributed by atoms with van der Waals surface area (Å²) in [6, 6.07) is 26.1. The lowest BCUT2D eigenvalue weighted by Crippen LogP contribution is -2.40. The van der Waals surface area contributed by atoms with Gasteiger partial charge in [0.15, 0.2) is 0 Å². The zero-order valence-electron chi connectivity index (χ0n) is 18.6. The van der Waals surface area contributed by atoms with Gasteiger partial charge in [0.1, 0.15) is 0 Å². The Hall–Kier alpha value is -3.70. The van der Waals surface area contributed by atoms with E-state index in [0.29, 0.717) is 13.1 Å². The van der Waals surface area contributed by atoms with Gasteiger partial charge >= 0.3 is 0 Å². The van der Waals surface area contributed by atoms with E-state index >= 15 is 0 Å². The van der Waals surface area contributed by atoms with Crippen LogP contribution >= 0.6 is 0 Å². The van der Waals surface area contributed by atoms with E-state index in [9.17, 15) is 9.59 Å². The Morgan fingerprint density at radius 3 is 2.55 bits per heavy atom. The van der Waals surface area contributed by atoms with Gasteiger partial charge in [-0.05, 0) is 59.8 Å². The van der Waals surface area contributed by atoms with E-state index in [4.69, 9.17) is 5.73 Å². The molecule has 1 unspecified atom stereocenters. The van der Waals surface area contributed by atoms with Crippen LogP contribution in [0.4, 0.5) is 5.69 Å². The van der Waals surface area contributed by atoms with Crippen molar-refractivity contribution >= 4 is 23.6 Å².